The van der Waals surface area contributed by atoms with Crippen LogP contribution in [0, 0.1) is 11.6 Å². The molecular formula is C12H12F2N2O2. The van der Waals surface area contributed by atoms with E-state index in [0.29, 0.717) is 5.56 Å². The molecule has 1 aromatic rings. The first kappa shape index (κ1) is 12.6. The summed E-state index contributed by atoms with van der Waals surface area (Å²) < 4.78 is 25.8. The van der Waals surface area contributed by atoms with E-state index in [4.69, 9.17) is 0 Å². The maximum atomic E-state index is 13.0. The minimum atomic E-state index is -0.990. The van der Waals surface area contributed by atoms with Gasteiger partial charge in [0.15, 0.2) is 11.6 Å². The molecule has 1 aromatic carbocycles. The zero-order chi connectivity index (χ0) is 13.3. The van der Waals surface area contributed by atoms with Crippen molar-refractivity contribution in [3.63, 3.8) is 0 Å². The van der Waals surface area contributed by atoms with Crippen molar-refractivity contribution in [2.45, 2.75) is 19.5 Å². The van der Waals surface area contributed by atoms with Gasteiger partial charge >= 0.3 is 0 Å². The van der Waals surface area contributed by atoms with Crippen LogP contribution in [0.3, 0.4) is 0 Å². The van der Waals surface area contributed by atoms with E-state index in [1.807, 2.05) is 0 Å². The molecule has 0 saturated carbocycles. The molecule has 1 fully saturated rings. The van der Waals surface area contributed by atoms with E-state index in [1.165, 1.54) is 6.07 Å². The van der Waals surface area contributed by atoms with Gasteiger partial charge in [0.05, 0.1) is 19.1 Å². The third kappa shape index (κ3) is 2.38. The van der Waals surface area contributed by atoms with E-state index in [1.54, 1.807) is 6.92 Å². The fourth-order valence-electron chi connectivity index (χ4n) is 1.77. The summed E-state index contributed by atoms with van der Waals surface area (Å²) in [4.78, 5) is 24.4. The average molecular weight is 254 g/mol. The van der Waals surface area contributed by atoms with E-state index in [0.717, 1.165) is 17.0 Å². The number of rotatable bonds is 2. The van der Waals surface area contributed by atoms with Crippen LogP contribution in [-0.4, -0.2) is 29.3 Å². The summed E-state index contributed by atoms with van der Waals surface area (Å²) in [5.74, 6) is -2.68. The third-order valence-corrected chi connectivity index (χ3v) is 2.82. The van der Waals surface area contributed by atoms with Crippen molar-refractivity contribution in [1.29, 1.82) is 0 Å². The smallest absolute Gasteiger partial charge is 0.246 e. The highest BCUT2D eigenvalue weighted by Crippen LogP contribution is 2.13. The number of hydrogen-bond donors (Lipinski definition) is 1. The van der Waals surface area contributed by atoms with E-state index >= 15 is 0 Å². The van der Waals surface area contributed by atoms with Gasteiger partial charge in [0.2, 0.25) is 11.8 Å². The molecule has 18 heavy (non-hydrogen) atoms. The number of nitrogens with zero attached hydrogens (tertiary/aromatic N) is 1. The van der Waals surface area contributed by atoms with Gasteiger partial charge in [-0.15, -0.1) is 0 Å². The van der Waals surface area contributed by atoms with Gasteiger partial charge in [-0.1, -0.05) is 6.07 Å². The standard InChI is InChI=1S/C12H12F2N2O2/c1-7-12(18)16(11(17)5-15-7)6-8-2-3-9(13)10(14)4-8/h2-4,7,15H,5-6H2,1H3. The van der Waals surface area contributed by atoms with Crippen LogP contribution in [0.4, 0.5) is 8.78 Å². The molecule has 96 valence electrons. The van der Waals surface area contributed by atoms with Gasteiger partial charge in [-0.2, -0.15) is 0 Å². The number of piperazine rings is 1. The molecule has 1 aliphatic heterocycles. The summed E-state index contributed by atoms with van der Waals surface area (Å²) in [6, 6.07) is 2.87. The molecule has 1 aliphatic rings. The third-order valence-electron chi connectivity index (χ3n) is 2.82. The second kappa shape index (κ2) is 4.81. The normalized spacial score (nSPS) is 20.4. The number of halogens is 2. The first-order valence-electron chi connectivity index (χ1n) is 5.50. The molecule has 0 spiro atoms. The average Bonchev–Trinajstić information content (AvgIpc) is 2.34. The maximum absolute atomic E-state index is 13.0. The summed E-state index contributed by atoms with van der Waals surface area (Å²) in [5.41, 5.74) is 0.379. The summed E-state index contributed by atoms with van der Waals surface area (Å²) in [5, 5.41) is 2.74. The molecule has 2 amide bonds. The van der Waals surface area contributed by atoms with Gasteiger partial charge in [-0.3, -0.25) is 19.8 Å². The van der Waals surface area contributed by atoms with Crippen molar-refractivity contribution in [1.82, 2.24) is 10.2 Å². The quantitative estimate of drug-likeness (QED) is 0.795. The number of imide groups is 1. The van der Waals surface area contributed by atoms with E-state index in [2.05, 4.69) is 5.32 Å². The van der Waals surface area contributed by atoms with Gasteiger partial charge < -0.3 is 0 Å². The van der Waals surface area contributed by atoms with Gasteiger partial charge in [-0.25, -0.2) is 8.78 Å². The zero-order valence-electron chi connectivity index (χ0n) is 9.74. The first-order chi connectivity index (χ1) is 8.49. The minimum Gasteiger partial charge on any atom is -0.298 e. The Hall–Kier alpha value is -1.82. The Morgan fingerprint density at radius 1 is 1.33 bits per heavy atom. The van der Waals surface area contributed by atoms with Crippen LogP contribution < -0.4 is 5.32 Å². The Morgan fingerprint density at radius 3 is 2.72 bits per heavy atom. The van der Waals surface area contributed by atoms with Crippen molar-refractivity contribution in [3.8, 4) is 0 Å². The Kier molecular flexibility index (Phi) is 3.38. The lowest BCUT2D eigenvalue weighted by atomic mass is 10.1. The Labute approximate surface area is 103 Å². The van der Waals surface area contributed by atoms with Gasteiger partial charge in [0.1, 0.15) is 0 Å². The lowest BCUT2D eigenvalue weighted by molar-refractivity contribution is -0.149. The van der Waals surface area contributed by atoms with E-state index < -0.39 is 17.7 Å². The lowest BCUT2D eigenvalue weighted by Crippen LogP contribution is -2.56. The second-order valence-corrected chi connectivity index (χ2v) is 4.17. The Bertz CT molecular complexity index is 505. The molecule has 0 aliphatic carbocycles. The zero-order valence-corrected chi connectivity index (χ0v) is 9.74. The predicted molar refractivity (Wildman–Crippen MR) is 59.4 cm³/mol. The van der Waals surface area contributed by atoms with Gasteiger partial charge in [0, 0.05) is 0 Å². The van der Waals surface area contributed by atoms with Gasteiger partial charge in [-0.05, 0) is 24.6 Å². The summed E-state index contributed by atoms with van der Waals surface area (Å²) in [6.45, 7) is 1.67. The SMILES string of the molecule is CC1NCC(=O)N(Cc2ccc(F)c(F)c2)C1=O. The highest BCUT2D eigenvalue weighted by atomic mass is 19.2. The molecule has 1 saturated heterocycles. The topological polar surface area (TPSA) is 49.4 Å². The first-order valence-corrected chi connectivity index (χ1v) is 5.50. The van der Waals surface area contributed by atoms with Crippen LogP contribution in [0.5, 0.6) is 0 Å². The fraction of sp³-hybridized carbons (Fsp3) is 0.333. The molecule has 0 bridgehead atoms. The maximum Gasteiger partial charge on any atom is 0.246 e. The monoisotopic (exact) mass is 254 g/mol. The number of carbonyl (C=O) groups excluding carboxylic acids is 2. The molecule has 0 aromatic heterocycles. The fourth-order valence-corrected chi connectivity index (χ4v) is 1.77. The van der Waals surface area contributed by atoms with Crippen LogP contribution in [0.15, 0.2) is 18.2 Å². The molecule has 1 N–H and O–H groups in total. The van der Waals surface area contributed by atoms with Gasteiger partial charge in [0.25, 0.3) is 0 Å². The second-order valence-electron chi connectivity index (χ2n) is 4.17. The van der Waals surface area contributed by atoms with Crippen LogP contribution >= 0.6 is 0 Å². The summed E-state index contributed by atoms with van der Waals surface area (Å²) in [7, 11) is 0. The minimum absolute atomic E-state index is 0.0408. The number of benzene rings is 1. The Balaban J connectivity index is 2.18. The highest BCUT2D eigenvalue weighted by Gasteiger charge is 2.31. The van der Waals surface area contributed by atoms with Crippen molar-refractivity contribution in [3.05, 3.63) is 35.4 Å². The molecule has 1 unspecified atom stereocenters. The molecule has 1 heterocycles. The number of nitrogens with one attached hydrogen (secondary N) is 1. The predicted octanol–water partition coefficient (Wildman–Crippen LogP) is 0.812. The molecule has 2 rings (SSSR count). The highest BCUT2D eigenvalue weighted by molar-refractivity contribution is 6.00. The molecular weight excluding hydrogens is 242 g/mol. The van der Waals surface area contributed by atoms with Crippen LogP contribution in [0.2, 0.25) is 0 Å². The summed E-state index contributed by atoms with van der Waals surface area (Å²) in [6.07, 6.45) is 0. The molecule has 6 heteroatoms. The summed E-state index contributed by atoms with van der Waals surface area (Å²) >= 11 is 0. The lowest BCUT2D eigenvalue weighted by Gasteiger charge is -2.29. The molecule has 1 atom stereocenters. The van der Waals surface area contributed by atoms with Crippen molar-refractivity contribution in [2.75, 3.05) is 6.54 Å². The van der Waals surface area contributed by atoms with E-state index in [9.17, 15) is 18.4 Å². The van der Waals surface area contributed by atoms with E-state index in [-0.39, 0.29) is 24.9 Å². The van der Waals surface area contributed by atoms with Crippen molar-refractivity contribution in [2.24, 2.45) is 0 Å². The van der Waals surface area contributed by atoms with Crippen molar-refractivity contribution < 1.29 is 18.4 Å². The van der Waals surface area contributed by atoms with Crippen molar-refractivity contribution >= 4 is 11.8 Å². The molecule has 4 nitrogen and oxygen atoms in total. The largest absolute Gasteiger partial charge is 0.298 e. The van der Waals surface area contributed by atoms with Crippen LogP contribution in [0.1, 0.15) is 12.5 Å². The van der Waals surface area contributed by atoms with Crippen LogP contribution in [0.25, 0.3) is 0 Å². The number of carbonyl (C=O) groups is 2. The molecule has 0 radical (unpaired) electrons. The number of amides is 2. The Morgan fingerprint density at radius 2 is 2.06 bits per heavy atom. The van der Waals surface area contributed by atoms with Crippen LogP contribution in [-0.2, 0) is 16.1 Å². The number of hydrogen-bond acceptors (Lipinski definition) is 3.